The van der Waals surface area contributed by atoms with Gasteiger partial charge < -0.3 is 9.84 Å². The van der Waals surface area contributed by atoms with Gasteiger partial charge in [0.15, 0.2) is 17.1 Å². The van der Waals surface area contributed by atoms with E-state index in [2.05, 4.69) is 12.6 Å². The lowest BCUT2D eigenvalue weighted by atomic mass is 9.44. The summed E-state index contributed by atoms with van der Waals surface area (Å²) in [6, 6.07) is 0. The molecule has 0 spiro atoms. The summed E-state index contributed by atoms with van der Waals surface area (Å²) in [7, 11) is 0. The molecule has 5 nitrogen and oxygen atoms in total. The number of thioether (sulfide) groups is 2. The molecule has 5 rings (SSSR count). The van der Waals surface area contributed by atoms with E-state index in [0.29, 0.717) is 6.42 Å². The number of rotatable bonds is 3. The maximum absolute atomic E-state index is 17.3. The minimum absolute atomic E-state index is 0.0526. The Kier molecular flexibility index (Phi) is 6.57. The number of hydrogen-bond acceptors (Lipinski definition) is 7. The summed E-state index contributed by atoms with van der Waals surface area (Å²) in [5.41, 5.74) is -6.51. The highest BCUT2D eigenvalue weighted by Crippen LogP contribution is 2.71. The molecule has 5 aliphatic rings. The van der Waals surface area contributed by atoms with E-state index in [9.17, 15) is 19.5 Å². The predicted octanol–water partition coefficient (Wildman–Crippen LogP) is 4.49. The predicted molar refractivity (Wildman–Crippen MR) is 139 cm³/mol. The van der Waals surface area contributed by atoms with E-state index in [-0.39, 0.29) is 18.4 Å². The zero-order chi connectivity index (χ0) is 26.3. The lowest BCUT2D eigenvalue weighted by molar-refractivity contribution is -0.228. The van der Waals surface area contributed by atoms with Crippen LogP contribution in [-0.2, 0) is 19.1 Å². The van der Waals surface area contributed by atoms with Crippen molar-refractivity contribution in [1.29, 1.82) is 0 Å². The van der Waals surface area contributed by atoms with E-state index >= 15 is 8.78 Å². The Morgan fingerprint density at radius 2 is 1.86 bits per heavy atom. The van der Waals surface area contributed by atoms with Gasteiger partial charge in [0, 0.05) is 22.7 Å². The van der Waals surface area contributed by atoms with Crippen molar-refractivity contribution in [3.05, 3.63) is 23.8 Å². The molecule has 4 fully saturated rings. The number of hydrogen-bond donors (Lipinski definition) is 2. The number of carbonyl (C=O) groups excluding carboxylic acids is 3. The van der Waals surface area contributed by atoms with Gasteiger partial charge in [0.2, 0.25) is 5.12 Å². The van der Waals surface area contributed by atoms with Crippen LogP contribution in [0.4, 0.5) is 8.78 Å². The van der Waals surface area contributed by atoms with Crippen molar-refractivity contribution in [2.75, 3.05) is 11.5 Å². The number of allylic oxidation sites excluding steroid dienone is 4. The second kappa shape index (κ2) is 8.85. The largest absolute Gasteiger partial charge is 0.448 e. The fraction of sp³-hybridized carbons (Fsp3) is 0.731. The monoisotopic (exact) mass is 558 g/mol. The molecule has 0 amide bonds. The van der Waals surface area contributed by atoms with Gasteiger partial charge in [-0.1, -0.05) is 19.9 Å². The number of ketones is 1. The lowest BCUT2D eigenvalue weighted by Crippen LogP contribution is -2.70. The van der Waals surface area contributed by atoms with Gasteiger partial charge in [-0.3, -0.25) is 9.59 Å². The molecule has 9 atom stereocenters. The van der Waals surface area contributed by atoms with Crippen molar-refractivity contribution in [3.63, 3.8) is 0 Å². The van der Waals surface area contributed by atoms with Crippen LogP contribution in [0.15, 0.2) is 23.8 Å². The number of esters is 1. The average molecular weight is 559 g/mol. The zero-order valence-corrected chi connectivity index (χ0v) is 23.1. The highest BCUT2D eigenvalue weighted by molar-refractivity contribution is 8.18. The molecule has 1 heterocycles. The summed E-state index contributed by atoms with van der Waals surface area (Å²) in [6.45, 7) is 5.09. The van der Waals surface area contributed by atoms with Gasteiger partial charge in [0.05, 0.1) is 6.10 Å². The van der Waals surface area contributed by atoms with Crippen LogP contribution >= 0.6 is 36.2 Å². The number of fused-ring (bicyclic) bond motifs is 5. The van der Waals surface area contributed by atoms with Crippen LogP contribution in [0.25, 0.3) is 0 Å². The van der Waals surface area contributed by atoms with Gasteiger partial charge in [-0.2, -0.15) is 0 Å². The number of aliphatic hydroxyl groups excluding tert-OH is 1. The molecule has 4 aliphatic carbocycles. The molecule has 0 radical (unpaired) electrons. The number of halogens is 2. The summed E-state index contributed by atoms with van der Waals surface area (Å²) in [5.74, 6) is -1.27. The van der Waals surface area contributed by atoms with Gasteiger partial charge in [-0.15, -0.1) is 36.2 Å². The smallest absolute Gasteiger partial charge is 0.330 e. The van der Waals surface area contributed by atoms with Crippen molar-refractivity contribution in [2.24, 2.45) is 28.6 Å². The first-order chi connectivity index (χ1) is 16.8. The fourth-order valence-corrected chi connectivity index (χ4v) is 11.2. The minimum Gasteiger partial charge on any atom is -0.448 e. The molecule has 3 saturated carbocycles. The van der Waals surface area contributed by atoms with Crippen molar-refractivity contribution in [3.8, 4) is 0 Å². The number of aliphatic hydroxyl groups is 1. The highest BCUT2D eigenvalue weighted by atomic mass is 32.2. The first kappa shape index (κ1) is 26.8. The van der Waals surface area contributed by atoms with E-state index < -0.39 is 73.6 Å². The van der Waals surface area contributed by atoms with Crippen LogP contribution in [0, 0.1) is 28.6 Å². The first-order valence-corrected chi connectivity index (χ1v) is 15.0. The number of thiol groups is 1. The quantitative estimate of drug-likeness (QED) is 0.390. The fourth-order valence-electron chi connectivity index (χ4n) is 8.07. The van der Waals surface area contributed by atoms with Crippen LogP contribution in [0.5, 0.6) is 0 Å². The van der Waals surface area contributed by atoms with Crippen molar-refractivity contribution < 1.29 is 33.0 Å². The van der Waals surface area contributed by atoms with Gasteiger partial charge in [0.25, 0.3) is 0 Å². The number of ether oxygens (including phenoxy) is 1. The Hall–Kier alpha value is -0.840. The molecular formula is C26H32F2O5S3. The van der Waals surface area contributed by atoms with Crippen LogP contribution in [0.3, 0.4) is 0 Å². The van der Waals surface area contributed by atoms with Crippen molar-refractivity contribution in [1.82, 2.24) is 0 Å². The molecule has 1 aliphatic heterocycles. The van der Waals surface area contributed by atoms with E-state index in [4.69, 9.17) is 4.74 Å². The number of carbonyl (C=O) groups is 3. The summed E-state index contributed by atoms with van der Waals surface area (Å²) in [5, 5.41) is 10.9. The Bertz CT molecular complexity index is 1060. The van der Waals surface area contributed by atoms with Crippen molar-refractivity contribution >= 4 is 53.0 Å². The summed E-state index contributed by atoms with van der Waals surface area (Å²) >= 11 is 7.15. The third-order valence-electron chi connectivity index (χ3n) is 9.77. The maximum Gasteiger partial charge on any atom is 0.330 e. The SMILES string of the molecule is C[C@@H]1C[C@H]2[C@@H]3C[C@H](F)C4=CC(=O)C=C[C@]4(C)[C@@]3(F)[C@@H](O)C[C@]2(C)[C@@]1(OC(=O)C1SCCCS1)C(=O)S. The molecule has 0 aromatic rings. The zero-order valence-electron chi connectivity index (χ0n) is 20.5. The van der Waals surface area contributed by atoms with Gasteiger partial charge in [-0.05, 0) is 67.8 Å². The molecule has 0 unspecified atom stereocenters. The molecule has 0 aromatic carbocycles. The van der Waals surface area contributed by atoms with E-state index in [1.165, 1.54) is 35.7 Å². The highest BCUT2D eigenvalue weighted by Gasteiger charge is 2.78. The molecular weight excluding hydrogens is 526 g/mol. The van der Waals surface area contributed by atoms with Crippen LogP contribution < -0.4 is 0 Å². The summed E-state index contributed by atoms with van der Waals surface area (Å²) < 4.78 is 38.6. The van der Waals surface area contributed by atoms with Crippen LogP contribution in [0.2, 0.25) is 0 Å². The van der Waals surface area contributed by atoms with Gasteiger partial charge in [-0.25, -0.2) is 13.6 Å². The third kappa shape index (κ3) is 3.35. The molecule has 10 heteroatoms. The summed E-state index contributed by atoms with van der Waals surface area (Å²) in [6.07, 6.45) is 1.58. The minimum atomic E-state index is -2.25. The second-order valence-corrected chi connectivity index (χ2v) is 14.5. The first-order valence-electron chi connectivity index (χ1n) is 12.5. The standard InChI is InChI=1S/C26H32F2O5S3/c1-13-9-15-16-11-18(27)17-10-14(29)5-6-23(17,2)25(16,28)19(30)12-24(15,3)26(13,22(32)34)33-20(31)21-35-7-4-8-36-21/h5-6,10,13,15-16,18-19,21,30H,4,7-9,11-12H2,1-3H3,(H,32,34)/t13-,15+,16+,18+,19+,23+,24+,25+,26+/m1/s1. The van der Waals surface area contributed by atoms with Gasteiger partial charge in [0.1, 0.15) is 10.8 Å². The molecule has 36 heavy (non-hydrogen) atoms. The Labute approximate surface area is 224 Å². The summed E-state index contributed by atoms with van der Waals surface area (Å²) in [4.78, 5) is 38.5. The second-order valence-electron chi connectivity index (χ2n) is 11.4. The number of alkyl halides is 2. The van der Waals surface area contributed by atoms with E-state index in [1.54, 1.807) is 20.8 Å². The molecule has 1 N–H and O–H groups in total. The molecule has 198 valence electrons. The lowest BCUT2D eigenvalue weighted by Gasteiger charge is -2.63. The Balaban J connectivity index is 1.58. The molecule has 0 bridgehead atoms. The molecule has 0 aromatic heterocycles. The molecule has 1 saturated heterocycles. The average Bonchev–Trinajstić information content (AvgIpc) is 3.05. The van der Waals surface area contributed by atoms with E-state index in [0.717, 1.165) is 24.0 Å². The van der Waals surface area contributed by atoms with Crippen LogP contribution in [-0.4, -0.2) is 61.6 Å². The van der Waals surface area contributed by atoms with Crippen molar-refractivity contribution in [2.45, 2.75) is 74.6 Å². The van der Waals surface area contributed by atoms with E-state index in [1.807, 2.05) is 0 Å². The van der Waals surface area contributed by atoms with Crippen LogP contribution in [0.1, 0.15) is 46.5 Å². The Morgan fingerprint density at radius 1 is 1.19 bits per heavy atom. The topological polar surface area (TPSA) is 80.7 Å². The normalized spacial score (nSPS) is 48.5. The third-order valence-corrected chi connectivity index (χ3v) is 13.0. The Morgan fingerprint density at radius 3 is 2.50 bits per heavy atom. The van der Waals surface area contributed by atoms with Gasteiger partial charge >= 0.3 is 5.97 Å². The maximum atomic E-state index is 17.3.